The van der Waals surface area contributed by atoms with Gasteiger partial charge in [-0.2, -0.15) is 0 Å². The summed E-state index contributed by atoms with van der Waals surface area (Å²) >= 11 is -0.238. The molecule has 0 bridgehead atoms. The Morgan fingerprint density at radius 2 is 1.96 bits per heavy atom. The molecule has 0 spiro atoms. The first-order valence-electron chi connectivity index (χ1n) is 6.96. The van der Waals surface area contributed by atoms with Crippen LogP contribution in [0.15, 0.2) is 59.1 Å². The molecule has 0 saturated heterocycles. The van der Waals surface area contributed by atoms with E-state index in [1.54, 1.807) is 25.1 Å². The van der Waals surface area contributed by atoms with Crippen molar-refractivity contribution >= 4 is 37.2 Å². The van der Waals surface area contributed by atoms with Gasteiger partial charge >= 0.3 is 140 Å². The molecule has 0 unspecified atom stereocenters. The van der Waals surface area contributed by atoms with E-state index in [0.29, 0.717) is 10.0 Å². The molecule has 6 heteroatoms. The summed E-state index contributed by atoms with van der Waals surface area (Å²) in [4.78, 5) is 22.6. The van der Waals surface area contributed by atoms with E-state index in [0.717, 1.165) is 4.46 Å². The molecule has 0 heterocycles. The van der Waals surface area contributed by atoms with Gasteiger partial charge < -0.3 is 0 Å². The molecule has 2 aromatic carbocycles. The van der Waals surface area contributed by atoms with Crippen LogP contribution in [0.5, 0.6) is 0 Å². The topological polar surface area (TPSA) is 69.4 Å². The van der Waals surface area contributed by atoms with Gasteiger partial charge in [-0.25, -0.2) is 0 Å². The molecule has 0 aliphatic rings. The number of benzene rings is 2. The molecule has 0 aliphatic heterocycles. The molecule has 0 atom stereocenters. The molecule has 2 aromatic rings. The van der Waals surface area contributed by atoms with Crippen LogP contribution in [0.1, 0.15) is 12.5 Å². The molecular weight excluding hydrogens is 361 g/mol. The summed E-state index contributed by atoms with van der Waals surface area (Å²) in [6.45, 7) is 2.04. The van der Waals surface area contributed by atoms with Crippen LogP contribution in [-0.4, -0.2) is 32.5 Å². The number of hydrogen-bond donors (Lipinski definition) is 0. The van der Waals surface area contributed by atoms with E-state index in [-0.39, 0.29) is 33.2 Å². The Bertz CT molecular complexity index is 728. The van der Waals surface area contributed by atoms with Gasteiger partial charge in [0.15, 0.2) is 0 Å². The monoisotopic (exact) mass is 377 g/mol. The number of nitro benzene ring substituents is 1. The first-order chi connectivity index (χ1) is 11.1. The predicted octanol–water partition coefficient (Wildman–Crippen LogP) is 2.53. The Morgan fingerprint density at radius 1 is 1.22 bits per heavy atom. The van der Waals surface area contributed by atoms with Crippen LogP contribution in [0.4, 0.5) is 5.69 Å². The van der Waals surface area contributed by atoms with E-state index < -0.39 is 4.92 Å². The fraction of sp³-hybridized carbons (Fsp3) is 0.118. The molecular formula is C17H15NO4Se. The summed E-state index contributed by atoms with van der Waals surface area (Å²) in [5.41, 5.74) is 0.606. The molecule has 0 radical (unpaired) electrons. The number of esters is 1. The standard InChI is InChI=1S/C17H15NO4Se/c1-2-22-17(19)16(23-15-9-4-3-5-10-15)12-13-7-6-8-14(11-13)18(20)21/h3-12H,2H2,1H3. The first kappa shape index (κ1) is 16.9. The average Bonchev–Trinajstić information content (AvgIpc) is 2.55. The van der Waals surface area contributed by atoms with Crippen molar-refractivity contribution in [1.82, 2.24) is 0 Å². The molecule has 0 N–H and O–H groups in total. The Kier molecular flexibility index (Phi) is 6.09. The van der Waals surface area contributed by atoms with Gasteiger partial charge in [-0.05, 0) is 0 Å². The second-order valence-corrected chi connectivity index (χ2v) is 6.84. The van der Waals surface area contributed by atoms with Crippen molar-refractivity contribution < 1.29 is 14.5 Å². The Balaban J connectivity index is 2.34. The van der Waals surface area contributed by atoms with E-state index in [1.165, 1.54) is 12.1 Å². The normalized spacial score (nSPS) is 11.1. The molecule has 23 heavy (non-hydrogen) atoms. The SMILES string of the molecule is CCOC(=O)C(=Cc1cccc([N+](=O)[O-])c1)[Se]c1ccccc1. The Hall–Kier alpha value is -2.43. The van der Waals surface area contributed by atoms with Crippen molar-refractivity contribution in [2.24, 2.45) is 0 Å². The minimum absolute atomic E-state index is 0.00540. The fourth-order valence-electron chi connectivity index (χ4n) is 1.83. The van der Waals surface area contributed by atoms with E-state index in [1.807, 2.05) is 30.3 Å². The van der Waals surface area contributed by atoms with Gasteiger partial charge in [0, 0.05) is 0 Å². The first-order valence-corrected chi connectivity index (χ1v) is 8.67. The number of rotatable bonds is 6. The number of carbonyl (C=O) groups excluding carboxylic acids is 1. The second-order valence-electron chi connectivity index (χ2n) is 4.50. The van der Waals surface area contributed by atoms with E-state index >= 15 is 0 Å². The summed E-state index contributed by atoms with van der Waals surface area (Å²) < 4.78 is 6.65. The molecule has 0 fully saturated rings. The summed E-state index contributed by atoms with van der Waals surface area (Å²) in [5.74, 6) is -0.386. The average molecular weight is 376 g/mol. The van der Waals surface area contributed by atoms with Crippen LogP contribution < -0.4 is 4.46 Å². The maximum absolute atomic E-state index is 12.2. The van der Waals surface area contributed by atoms with E-state index in [9.17, 15) is 14.9 Å². The predicted molar refractivity (Wildman–Crippen MR) is 89.5 cm³/mol. The minimum atomic E-state index is -0.455. The fourth-order valence-corrected chi connectivity index (χ4v) is 3.68. The maximum atomic E-state index is 12.2. The molecule has 0 saturated carbocycles. The number of carbonyl (C=O) groups is 1. The molecule has 2 rings (SSSR count). The van der Waals surface area contributed by atoms with Gasteiger partial charge in [0.2, 0.25) is 0 Å². The second kappa shape index (κ2) is 8.27. The van der Waals surface area contributed by atoms with Crippen molar-refractivity contribution in [3.05, 3.63) is 74.7 Å². The Labute approximate surface area is 140 Å². The summed E-state index contributed by atoms with van der Waals surface area (Å²) in [6.07, 6.45) is 1.66. The third-order valence-corrected chi connectivity index (χ3v) is 4.95. The zero-order valence-electron chi connectivity index (χ0n) is 12.5. The molecule has 0 aromatic heterocycles. The summed E-state index contributed by atoms with van der Waals surface area (Å²) in [6, 6.07) is 15.8. The summed E-state index contributed by atoms with van der Waals surface area (Å²) in [5, 5.41) is 10.9. The number of nitrogens with zero attached hydrogens (tertiary/aromatic N) is 1. The van der Waals surface area contributed by atoms with Crippen molar-refractivity contribution in [2.45, 2.75) is 6.92 Å². The van der Waals surface area contributed by atoms with E-state index in [4.69, 9.17) is 4.74 Å². The number of hydrogen-bond acceptors (Lipinski definition) is 4. The van der Waals surface area contributed by atoms with Crippen molar-refractivity contribution in [2.75, 3.05) is 6.61 Å². The van der Waals surface area contributed by atoms with Crippen LogP contribution in [0, 0.1) is 10.1 Å². The summed E-state index contributed by atoms with van der Waals surface area (Å²) in [7, 11) is 0. The van der Waals surface area contributed by atoms with Crippen LogP contribution >= 0.6 is 0 Å². The molecule has 118 valence electrons. The van der Waals surface area contributed by atoms with Crippen molar-refractivity contribution in [3.63, 3.8) is 0 Å². The van der Waals surface area contributed by atoms with E-state index in [2.05, 4.69) is 0 Å². The zero-order valence-corrected chi connectivity index (χ0v) is 14.2. The molecule has 5 nitrogen and oxygen atoms in total. The third kappa shape index (κ3) is 5.05. The Morgan fingerprint density at radius 3 is 2.61 bits per heavy atom. The van der Waals surface area contributed by atoms with Gasteiger partial charge in [-0.1, -0.05) is 0 Å². The molecule has 0 aliphatic carbocycles. The number of ether oxygens (including phenoxy) is 1. The van der Waals surface area contributed by atoms with Gasteiger partial charge in [-0.15, -0.1) is 0 Å². The van der Waals surface area contributed by atoms with Gasteiger partial charge in [-0.3, -0.25) is 0 Å². The zero-order chi connectivity index (χ0) is 16.7. The van der Waals surface area contributed by atoms with Crippen LogP contribution in [0.25, 0.3) is 6.08 Å². The number of nitro groups is 1. The van der Waals surface area contributed by atoms with Gasteiger partial charge in [0.25, 0.3) is 0 Å². The molecule has 0 amide bonds. The van der Waals surface area contributed by atoms with Crippen LogP contribution in [-0.2, 0) is 9.53 Å². The van der Waals surface area contributed by atoms with Crippen molar-refractivity contribution in [3.8, 4) is 0 Å². The van der Waals surface area contributed by atoms with Crippen molar-refractivity contribution in [1.29, 1.82) is 0 Å². The van der Waals surface area contributed by atoms with Crippen LogP contribution in [0.3, 0.4) is 0 Å². The van der Waals surface area contributed by atoms with Gasteiger partial charge in [0.05, 0.1) is 0 Å². The van der Waals surface area contributed by atoms with Crippen LogP contribution in [0.2, 0.25) is 0 Å². The van der Waals surface area contributed by atoms with Gasteiger partial charge in [0.1, 0.15) is 0 Å². The quantitative estimate of drug-likeness (QED) is 0.255. The number of non-ortho nitro benzene ring substituents is 1. The third-order valence-electron chi connectivity index (χ3n) is 2.83.